The second-order valence-electron chi connectivity index (χ2n) is 4.85. The highest BCUT2D eigenvalue weighted by Gasteiger charge is 2.18. The van der Waals surface area contributed by atoms with E-state index in [-0.39, 0.29) is 0 Å². The van der Waals surface area contributed by atoms with E-state index in [1.54, 1.807) is 11.3 Å². The number of rotatable bonds is 2. The van der Waals surface area contributed by atoms with Crippen molar-refractivity contribution in [3.8, 4) is 16.4 Å². The molecule has 0 saturated heterocycles. The molecule has 0 radical (unpaired) electrons. The van der Waals surface area contributed by atoms with E-state index in [1.165, 1.54) is 0 Å². The van der Waals surface area contributed by atoms with Gasteiger partial charge in [-0.2, -0.15) is 5.10 Å². The van der Waals surface area contributed by atoms with Gasteiger partial charge in [-0.25, -0.2) is 14.6 Å². The van der Waals surface area contributed by atoms with Crippen LogP contribution in [-0.2, 0) is 0 Å². The van der Waals surface area contributed by atoms with Gasteiger partial charge < -0.3 is 0 Å². The standard InChI is InChI=1S/C15H13N5S/c1-10-14(21-13-8-16-9-19(10)13)15-17-11(2)18-20(15)12-6-4-3-5-7-12/h3-9H,1-2H3. The molecule has 0 aliphatic rings. The Morgan fingerprint density at radius 3 is 2.67 bits per heavy atom. The number of aryl methyl sites for hydroxylation is 2. The highest BCUT2D eigenvalue weighted by atomic mass is 32.1. The number of hydrogen-bond acceptors (Lipinski definition) is 4. The summed E-state index contributed by atoms with van der Waals surface area (Å²) in [7, 11) is 0. The second kappa shape index (κ2) is 4.53. The number of thiazole rings is 1. The van der Waals surface area contributed by atoms with Crippen LogP contribution in [0.5, 0.6) is 0 Å². The molecule has 0 amide bonds. The smallest absolute Gasteiger partial charge is 0.175 e. The van der Waals surface area contributed by atoms with E-state index in [9.17, 15) is 0 Å². The van der Waals surface area contributed by atoms with Crippen LogP contribution in [0.15, 0.2) is 42.9 Å². The number of hydrogen-bond donors (Lipinski definition) is 0. The molecule has 0 spiro atoms. The maximum Gasteiger partial charge on any atom is 0.175 e. The summed E-state index contributed by atoms with van der Waals surface area (Å²) < 4.78 is 3.99. The van der Waals surface area contributed by atoms with E-state index in [0.29, 0.717) is 0 Å². The molecule has 5 nitrogen and oxygen atoms in total. The maximum absolute atomic E-state index is 4.62. The number of aromatic nitrogens is 5. The summed E-state index contributed by atoms with van der Waals surface area (Å²) in [5, 5.41) is 4.54. The highest BCUT2D eigenvalue weighted by Crippen LogP contribution is 2.32. The molecular formula is C15H13N5S. The quantitative estimate of drug-likeness (QED) is 0.570. The van der Waals surface area contributed by atoms with E-state index in [0.717, 1.165) is 32.7 Å². The predicted molar refractivity (Wildman–Crippen MR) is 82.9 cm³/mol. The molecule has 0 bridgehead atoms. The van der Waals surface area contributed by atoms with Crippen LogP contribution in [0.2, 0.25) is 0 Å². The average molecular weight is 295 g/mol. The molecule has 104 valence electrons. The first-order chi connectivity index (χ1) is 10.2. The van der Waals surface area contributed by atoms with Crippen LogP contribution < -0.4 is 0 Å². The Balaban J connectivity index is 1.97. The fraction of sp³-hybridized carbons (Fsp3) is 0.133. The molecular weight excluding hydrogens is 282 g/mol. The summed E-state index contributed by atoms with van der Waals surface area (Å²) >= 11 is 1.68. The van der Waals surface area contributed by atoms with Crippen LogP contribution in [0.25, 0.3) is 21.2 Å². The van der Waals surface area contributed by atoms with Crippen molar-refractivity contribution in [2.75, 3.05) is 0 Å². The Morgan fingerprint density at radius 1 is 1.10 bits per heavy atom. The van der Waals surface area contributed by atoms with Gasteiger partial charge in [0, 0.05) is 5.69 Å². The van der Waals surface area contributed by atoms with Gasteiger partial charge in [0.2, 0.25) is 0 Å². The molecule has 6 heteroatoms. The third kappa shape index (κ3) is 1.87. The Kier molecular flexibility index (Phi) is 2.65. The number of para-hydroxylation sites is 1. The summed E-state index contributed by atoms with van der Waals surface area (Å²) in [6.45, 7) is 4.00. The lowest BCUT2D eigenvalue weighted by Crippen LogP contribution is -1.99. The molecule has 0 aliphatic carbocycles. The summed E-state index contributed by atoms with van der Waals surface area (Å²) in [6, 6.07) is 10.1. The monoisotopic (exact) mass is 295 g/mol. The van der Waals surface area contributed by atoms with Crippen LogP contribution in [0, 0.1) is 13.8 Å². The van der Waals surface area contributed by atoms with Crippen LogP contribution in [0.3, 0.4) is 0 Å². The van der Waals surface area contributed by atoms with Gasteiger partial charge in [0.15, 0.2) is 5.82 Å². The summed E-state index contributed by atoms with van der Waals surface area (Å²) in [5.41, 5.74) is 2.15. The SMILES string of the molecule is Cc1nc(-c2sc3cncn3c2C)n(-c2ccccc2)n1. The maximum atomic E-state index is 4.62. The first-order valence-corrected chi connectivity index (χ1v) is 7.46. The first kappa shape index (κ1) is 12.3. The van der Waals surface area contributed by atoms with Crippen molar-refractivity contribution in [3.05, 3.63) is 54.4 Å². The van der Waals surface area contributed by atoms with E-state index < -0.39 is 0 Å². The molecule has 3 heterocycles. The van der Waals surface area contributed by atoms with Crippen LogP contribution >= 0.6 is 11.3 Å². The molecule has 21 heavy (non-hydrogen) atoms. The van der Waals surface area contributed by atoms with Crippen molar-refractivity contribution in [1.29, 1.82) is 0 Å². The number of benzene rings is 1. The van der Waals surface area contributed by atoms with Crippen LogP contribution in [0.4, 0.5) is 0 Å². The van der Waals surface area contributed by atoms with Crippen molar-refractivity contribution >= 4 is 16.2 Å². The zero-order valence-corrected chi connectivity index (χ0v) is 12.5. The van der Waals surface area contributed by atoms with Crippen molar-refractivity contribution in [3.63, 3.8) is 0 Å². The largest absolute Gasteiger partial charge is 0.293 e. The molecule has 0 N–H and O–H groups in total. The van der Waals surface area contributed by atoms with E-state index in [2.05, 4.69) is 26.4 Å². The van der Waals surface area contributed by atoms with E-state index in [4.69, 9.17) is 0 Å². The van der Waals surface area contributed by atoms with Crippen molar-refractivity contribution in [1.82, 2.24) is 24.1 Å². The number of nitrogens with zero attached hydrogens (tertiary/aromatic N) is 5. The van der Waals surface area contributed by atoms with Crippen LogP contribution in [-0.4, -0.2) is 24.1 Å². The van der Waals surface area contributed by atoms with Gasteiger partial charge in [-0.1, -0.05) is 18.2 Å². The molecule has 4 aromatic rings. The van der Waals surface area contributed by atoms with E-state index in [1.807, 2.05) is 54.5 Å². The minimum Gasteiger partial charge on any atom is -0.293 e. The molecule has 3 aromatic heterocycles. The minimum absolute atomic E-state index is 0.768. The van der Waals surface area contributed by atoms with Gasteiger partial charge in [0.1, 0.15) is 17.0 Å². The molecule has 0 fully saturated rings. The molecule has 0 saturated carbocycles. The Morgan fingerprint density at radius 2 is 1.90 bits per heavy atom. The average Bonchev–Trinajstić information content (AvgIpc) is 3.17. The van der Waals surface area contributed by atoms with Gasteiger partial charge in [0.05, 0.1) is 16.8 Å². The van der Waals surface area contributed by atoms with Crippen molar-refractivity contribution < 1.29 is 0 Å². The van der Waals surface area contributed by atoms with Gasteiger partial charge in [-0.3, -0.25) is 4.40 Å². The molecule has 0 unspecified atom stereocenters. The molecule has 4 rings (SSSR count). The lowest BCUT2D eigenvalue weighted by Gasteiger charge is -2.04. The van der Waals surface area contributed by atoms with Gasteiger partial charge in [-0.05, 0) is 26.0 Å². The van der Waals surface area contributed by atoms with Crippen molar-refractivity contribution in [2.24, 2.45) is 0 Å². The Bertz CT molecular complexity index is 916. The lowest BCUT2D eigenvalue weighted by atomic mass is 10.3. The topological polar surface area (TPSA) is 48.0 Å². The van der Waals surface area contributed by atoms with Crippen LogP contribution in [0.1, 0.15) is 11.5 Å². The van der Waals surface area contributed by atoms with Gasteiger partial charge >= 0.3 is 0 Å². The summed E-state index contributed by atoms with van der Waals surface area (Å²) in [4.78, 5) is 11.0. The molecule has 0 aliphatic heterocycles. The predicted octanol–water partition coefficient (Wildman–Crippen LogP) is 3.26. The molecule has 1 aromatic carbocycles. The highest BCUT2D eigenvalue weighted by molar-refractivity contribution is 7.20. The zero-order chi connectivity index (χ0) is 14.4. The first-order valence-electron chi connectivity index (χ1n) is 6.65. The summed E-state index contributed by atoms with van der Waals surface area (Å²) in [5.74, 6) is 1.65. The Hall–Kier alpha value is -2.47. The number of fused-ring (bicyclic) bond motifs is 1. The fourth-order valence-electron chi connectivity index (χ4n) is 2.42. The normalized spacial score (nSPS) is 11.3. The van der Waals surface area contributed by atoms with Crippen molar-refractivity contribution in [2.45, 2.75) is 13.8 Å². The third-order valence-electron chi connectivity index (χ3n) is 3.42. The number of imidazole rings is 1. The third-order valence-corrected chi connectivity index (χ3v) is 4.61. The van der Waals surface area contributed by atoms with Gasteiger partial charge in [-0.15, -0.1) is 11.3 Å². The lowest BCUT2D eigenvalue weighted by molar-refractivity contribution is 0.869. The fourth-order valence-corrected chi connectivity index (χ4v) is 3.49. The zero-order valence-electron chi connectivity index (χ0n) is 11.7. The second-order valence-corrected chi connectivity index (χ2v) is 5.88. The Labute approximate surface area is 125 Å². The summed E-state index contributed by atoms with van der Waals surface area (Å²) in [6.07, 6.45) is 3.71. The minimum atomic E-state index is 0.768. The van der Waals surface area contributed by atoms with Gasteiger partial charge in [0.25, 0.3) is 0 Å². The molecule has 0 atom stereocenters. The van der Waals surface area contributed by atoms with E-state index >= 15 is 0 Å².